The fourth-order valence-electron chi connectivity index (χ4n) is 2.06. The zero-order valence-electron chi connectivity index (χ0n) is 11.7. The van der Waals surface area contributed by atoms with Gasteiger partial charge in [-0.25, -0.2) is 0 Å². The molecule has 0 N–H and O–H groups in total. The number of aryl methyl sites for hydroxylation is 1. The van der Waals surface area contributed by atoms with Crippen molar-refractivity contribution in [3.8, 4) is 0 Å². The molecule has 0 spiro atoms. The van der Waals surface area contributed by atoms with E-state index in [9.17, 15) is 4.79 Å². The minimum absolute atomic E-state index is 0.225. The van der Waals surface area contributed by atoms with E-state index in [0.29, 0.717) is 13.0 Å². The summed E-state index contributed by atoms with van der Waals surface area (Å²) in [6.07, 6.45) is 3.19. The van der Waals surface area contributed by atoms with Gasteiger partial charge in [0.25, 0.3) is 0 Å². The summed E-state index contributed by atoms with van der Waals surface area (Å²) >= 11 is 0. The van der Waals surface area contributed by atoms with Gasteiger partial charge < -0.3 is 4.74 Å². The molecule has 0 saturated heterocycles. The molecule has 0 aliphatic rings. The second-order valence-corrected chi connectivity index (χ2v) is 4.78. The van der Waals surface area contributed by atoms with Gasteiger partial charge in [-0.1, -0.05) is 37.3 Å². The second-order valence-electron chi connectivity index (χ2n) is 4.78. The Morgan fingerprint density at radius 3 is 2.44 bits per heavy atom. The Hall–Kier alpha value is -1.15. The average molecular weight is 248 g/mol. The van der Waals surface area contributed by atoms with Gasteiger partial charge in [0.05, 0.1) is 0 Å². The fourth-order valence-corrected chi connectivity index (χ4v) is 2.06. The van der Waals surface area contributed by atoms with E-state index in [1.54, 1.807) is 0 Å². The topological polar surface area (TPSA) is 26.3 Å². The number of carbonyl (C=O) groups excluding carboxylic acids is 1. The van der Waals surface area contributed by atoms with Gasteiger partial charge in [-0.2, -0.15) is 0 Å². The maximum Gasteiger partial charge on any atom is 0.164 e. The summed E-state index contributed by atoms with van der Waals surface area (Å²) in [5, 5.41) is 0. The lowest BCUT2D eigenvalue weighted by Gasteiger charge is -2.26. The molecule has 2 nitrogen and oxygen atoms in total. The summed E-state index contributed by atoms with van der Waals surface area (Å²) in [5.74, 6) is 0.225. The first-order valence-electron chi connectivity index (χ1n) is 6.83. The number of benzene rings is 1. The van der Waals surface area contributed by atoms with E-state index < -0.39 is 5.60 Å². The molecule has 0 aromatic heterocycles. The lowest BCUT2D eigenvalue weighted by Crippen LogP contribution is -2.37. The first kappa shape index (κ1) is 14.9. The van der Waals surface area contributed by atoms with Crippen molar-refractivity contribution in [3.05, 3.63) is 35.9 Å². The monoisotopic (exact) mass is 248 g/mol. The quantitative estimate of drug-likeness (QED) is 0.699. The maximum atomic E-state index is 12.2. The van der Waals surface area contributed by atoms with Crippen LogP contribution in [0.2, 0.25) is 0 Å². The van der Waals surface area contributed by atoms with Crippen LogP contribution in [0.5, 0.6) is 0 Å². The first-order valence-corrected chi connectivity index (χ1v) is 6.83. The highest BCUT2D eigenvalue weighted by Crippen LogP contribution is 2.19. The number of ether oxygens (including phenoxy) is 1. The van der Waals surface area contributed by atoms with Gasteiger partial charge in [-0.3, -0.25) is 4.79 Å². The zero-order valence-corrected chi connectivity index (χ0v) is 11.7. The Balaban J connectivity index is 2.41. The van der Waals surface area contributed by atoms with Gasteiger partial charge in [-0.05, 0) is 38.7 Å². The highest BCUT2D eigenvalue weighted by molar-refractivity contribution is 5.86. The predicted molar refractivity (Wildman–Crippen MR) is 74.7 cm³/mol. The number of hydrogen-bond acceptors (Lipinski definition) is 2. The van der Waals surface area contributed by atoms with Crippen LogP contribution in [-0.4, -0.2) is 18.0 Å². The number of ketones is 1. The van der Waals surface area contributed by atoms with Crippen molar-refractivity contribution in [2.24, 2.45) is 0 Å². The first-order chi connectivity index (χ1) is 8.62. The van der Waals surface area contributed by atoms with E-state index in [1.165, 1.54) is 5.56 Å². The normalized spacial score (nSPS) is 14.2. The summed E-state index contributed by atoms with van der Waals surface area (Å²) in [6, 6.07) is 10.3. The number of hydrogen-bond donors (Lipinski definition) is 0. The van der Waals surface area contributed by atoms with Crippen molar-refractivity contribution in [1.82, 2.24) is 0 Å². The average Bonchev–Trinajstić information content (AvgIpc) is 2.40. The zero-order chi connectivity index (χ0) is 13.4. The highest BCUT2D eigenvalue weighted by Gasteiger charge is 2.30. The number of rotatable bonds is 8. The summed E-state index contributed by atoms with van der Waals surface area (Å²) in [4.78, 5) is 12.2. The van der Waals surface area contributed by atoms with Crippen LogP contribution in [0.3, 0.4) is 0 Å². The van der Waals surface area contributed by atoms with Crippen molar-refractivity contribution in [2.45, 2.75) is 52.1 Å². The van der Waals surface area contributed by atoms with E-state index in [-0.39, 0.29) is 5.78 Å². The minimum atomic E-state index is -0.592. The van der Waals surface area contributed by atoms with Crippen LogP contribution in [0.1, 0.15) is 45.6 Å². The van der Waals surface area contributed by atoms with E-state index in [0.717, 1.165) is 19.3 Å². The lowest BCUT2D eigenvalue weighted by atomic mass is 9.93. The molecule has 0 aliphatic carbocycles. The van der Waals surface area contributed by atoms with Crippen molar-refractivity contribution >= 4 is 5.78 Å². The van der Waals surface area contributed by atoms with Gasteiger partial charge >= 0.3 is 0 Å². The SMILES string of the molecule is CCOC(C)(CC)C(=O)CCCc1ccccc1. The number of Topliss-reactive ketones (excluding diaryl/α,β-unsaturated/α-hetero) is 1. The Morgan fingerprint density at radius 2 is 1.89 bits per heavy atom. The van der Waals surface area contributed by atoms with Crippen LogP contribution >= 0.6 is 0 Å². The molecular weight excluding hydrogens is 224 g/mol. The van der Waals surface area contributed by atoms with Gasteiger partial charge in [0, 0.05) is 13.0 Å². The molecule has 1 unspecified atom stereocenters. The lowest BCUT2D eigenvalue weighted by molar-refractivity contribution is -0.142. The molecule has 0 fully saturated rings. The van der Waals surface area contributed by atoms with Crippen LogP contribution in [0, 0.1) is 0 Å². The Labute approximate surface area is 110 Å². The van der Waals surface area contributed by atoms with Crippen LogP contribution in [-0.2, 0) is 16.0 Å². The summed E-state index contributed by atoms with van der Waals surface area (Å²) in [7, 11) is 0. The molecule has 18 heavy (non-hydrogen) atoms. The van der Waals surface area contributed by atoms with Crippen LogP contribution in [0.25, 0.3) is 0 Å². The fraction of sp³-hybridized carbons (Fsp3) is 0.562. The van der Waals surface area contributed by atoms with Crippen LogP contribution in [0.4, 0.5) is 0 Å². The van der Waals surface area contributed by atoms with E-state index in [1.807, 2.05) is 39.0 Å². The molecule has 1 rings (SSSR count). The summed E-state index contributed by atoms with van der Waals surface area (Å²) in [6.45, 7) is 6.44. The van der Waals surface area contributed by atoms with E-state index in [2.05, 4.69) is 12.1 Å². The van der Waals surface area contributed by atoms with Crippen molar-refractivity contribution in [2.75, 3.05) is 6.61 Å². The molecule has 0 saturated carbocycles. The third-order valence-electron chi connectivity index (χ3n) is 3.44. The van der Waals surface area contributed by atoms with Crippen molar-refractivity contribution in [3.63, 3.8) is 0 Å². The predicted octanol–water partition coefficient (Wildman–Crippen LogP) is 3.78. The highest BCUT2D eigenvalue weighted by atomic mass is 16.5. The van der Waals surface area contributed by atoms with Gasteiger partial charge in [-0.15, -0.1) is 0 Å². The van der Waals surface area contributed by atoms with Gasteiger partial charge in [0.15, 0.2) is 5.78 Å². The van der Waals surface area contributed by atoms with E-state index >= 15 is 0 Å². The second kappa shape index (κ2) is 7.32. The molecular formula is C16H24O2. The van der Waals surface area contributed by atoms with Crippen molar-refractivity contribution < 1.29 is 9.53 Å². The van der Waals surface area contributed by atoms with E-state index in [4.69, 9.17) is 4.74 Å². The maximum absolute atomic E-state index is 12.2. The summed E-state index contributed by atoms with van der Waals surface area (Å²) < 4.78 is 5.59. The smallest absolute Gasteiger partial charge is 0.164 e. The number of carbonyl (C=O) groups is 1. The molecule has 1 aromatic carbocycles. The summed E-state index contributed by atoms with van der Waals surface area (Å²) in [5.41, 5.74) is 0.700. The van der Waals surface area contributed by atoms with Gasteiger partial charge in [0.1, 0.15) is 5.60 Å². The Morgan fingerprint density at radius 1 is 1.22 bits per heavy atom. The largest absolute Gasteiger partial charge is 0.368 e. The van der Waals surface area contributed by atoms with Gasteiger partial charge in [0.2, 0.25) is 0 Å². The molecule has 0 radical (unpaired) electrons. The molecule has 1 aromatic rings. The molecule has 1 atom stereocenters. The Bertz CT molecular complexity index is 359. The third kappa shape index (κ3) is 4.26. The van der Waals surface area contributed by atoms with Crippen LogP contribution in [0.15, 0.2) is 30.3 Å². The third-order valence-corrected chi connectivity index (χ3v) is 3.44. The van der Waals surface area contributed by atoms with Crippen LogP contribution < -0.4 is 0 Å². The standard InChI is InChI=1S/C16H24O2/c1-4-16(3,18-5-2)15(17)13-9-12-14-10-7-6-8-11-14/h6-8,10-11H,4-5,9,12-13H2,1-3H3. The molecule has 0 heterocycles. The molecule has 0 amide bonds. The molecule has 0 bridgehead atoms. The Kier molecular flexibility index (Phi) is 6.06. The molecule has 0 aliphatic heterocycles. The van der Waals surface area contributed by atoms with Crippen molar-refractivity contribution in [1.29, 1.82) is 0 Å². The molecule has 100 valence electrons. The molecule has 2 heteroatoms. The minimum Gasteiger partial charge on any atom is -0.368 e.